The van der Waals surface area contributed by atoms with Crippen LogP contribution in [0.25, 0.3) is 5.69 Å². The Morgan fingerprint density at radius 3 is 2.50 bits per heavy atom. The van der Waals surface area contributed by atoms with Crippen LogP contribution in [0.3, 0.4) is 0 Å². The van der Waals surface area contributed by atoms with Gasteiger partial charge in [-0.3, -0.25) is 4.79 Å². The number of amides is 1. The van der Waals surface area contributed by atoms with Gasteiger partial charge in [-0.1, -0.05) is 30.3 Å². The fourth-order valence-corrected chi connectivity index (χ4v) is 2.65. The Bertz CT molecular complexity index is 885. The molecule has 1 amide bonds. The molecule has 1 fully saturated rings. The number of hydrogen-bond donors (Lipinski definition) is 1. The molecule has 0 radical (unpaired) electrons. The molecular formula is C19H16FN3O. The first-order valence-corrected chi connectivity index (χ1v) is 7.93. The van der Waals surface area contributed by atoms with Crippen molar-refractivity contribution in [3.05, 3.63) is 77.9 Å². The molecule has 0 bridgehead atoms. The zero-order chi connectivity index (χ0) is 16.5. The van der Waals surface area contributed by atoms with Crippen LogP contribution in [-0.2, 0) is 0 Å². The number of rotatable bonds is 4. The zero-order valence-electron chi connectivity index (χ0n) is 12.9. The van der Waals surface area contributed by atoms with Crippen LogP contribution in [0.5, 0.6) is 0 Å². The molecule has 1 aromatic heterocycles. The Hall–Kier alpha value is -2.95. The van der Waals surface area contributed by atoms with E-state index in [1.165, 1.54) is 12.1 Å². The highest BCUT2D eigenvalue weighted by Crippen LogP contribution is 2.39. The van der Waals surface area contributed by atoms with E-state index in [1.807, 2.05) is 30.3 Å². The monoisotopic (exact) mass is 321 g/mol. The van der Waals surface area contributed by atoms with Gasteiger partial charge < -0.3 is 5.32 Å². The van der Waals surface area contributed by atoms with Gasteiger partial charge in [-0.2, -0.15) is 5.10 Å². The van der Waals surface area contributed by atoms with Gasteiger partial charge in [-0.25, -0.2) is 9.07 Å². The van der Waals surface area contributed by atoms with Crippen LogP contribution >= 0.6 is 0 Å². The van der Waals surface area contributed by atoms with Crippen LogP contribution in [0.1, 0.15) is 34.9 Å². The Morgan fingerprint density at radius 1 is 1.08 bits per heavy atom. The first-order valence-electron chi connectivity index (χ1n) is 7.93. The minimum Gasteiger partial charge on any atom is -0.318 e. The zero-order valence-corrected chi connectivity index (χ0v) is 12.9. The Kier molecular flexibility index (Phi) is 3.61. The molecule has 0 atom stereocenters. The van der Waals surface area contributed by atoms with Crippen molar-refractivity contribution in [2.45, 2.75) is 18.8 Å². The number of benzene rings is 2. The second-order valence-electron chi connectivity index (χ2n) is 5.91. The molecule has 5 heteroatoms. The SMILES string of the molecule is O=C(Nc1ccccc1F)c1cc(C2CC2)nn1-c1ccccc1. The number of aromatic nitrogens is 2. The van der Waals surface area contributed by atoms with Crippen molar-refractivity contribution >= 4 is 11.6 Å². The van der Waals surface area contributed by atoms with Crippen LogP contribution in [0.4, 0.5) is 10.1 Å². The summed E-state index contributed by atoms with van der Waals surface area (Å²) in [4.78, 5) is 12.7. The van der Waals surface area contributed by atoms with Gasteiger partial charge >= 0.3 is 0 Å². The lowest BCUT2D eigenvalue weighted by atomic mass is 10.2. The normalized spacial score (nSPS) is 13.7. The van der Waals surface area contributed by atoms with Crippen molar-refractivity contribution in [3.63, 3.8) is 0 Å². The molecule has 24 heavy (non-hydrogen) atoms. The molecule has 0 saturated heterocycles. The lowest BCUT2D eigenvalue weighted by Gasteiger charge is -2.08. The Labute approximate surface area is 138 Å². The summed E-state index contributed by atoms with van der Waals surface area (Å²) in [6.07, 6.45) is 2.19. The molecule has 3 aromatic rings. The molecule has 1 saturated carbocycles. The van der Waals surface area contributed by atoms with Crippen molar-refractivity contribution in [2.24, 2.45) is 0 Å². The maximum absolute atomic E-state index is 13.8. The maximum atomic E-state index is 13.8. The fraction of sp³-hybridized carbons (Fsp3) is 0.158. The first kappa shape index (κ1) is 14.6. The van der Waals surface area contributed by atoms with Gasteiger partial charge in [0.1, 0.15) is 11.5 Å². The summed E-state index contributed by atoms with van der Waals surface area (Å²) in [5.41, 5.74) is 2.29. The van der Waals surface area contributed by atoms with Crippen molar-refractivity contribution < 1.29 is 9.18 Å². The lowest BCUT2D eigenvalue weighted by molar-refractivity contribution is 0.101. The van der Waals surface area contributed by atoms with Crippen molar-refractivity contribution in [2.75, 3.05) is 5.32 Å². The molecule has 1 aliphatic rings. The molecule has 4 rings (SSSR count). The van der Waals surface area contributed by atoms with Gasteiger partial charge in [0.25, 0.3) is 5.91 Å². The van der Waals surface area contributed by atoms with E-state index in [-0.39, 0.29) is 11.6 Å². The molecule has 1 aliphatic carbocycles. The van der Waals surface area contributed by atoms with Crippen molar-refractivity contribution in [3.8, 4) is 5.69 Å². The summed E-state index contributed by atoms with van der Waals surface area (Å²) in [6.45, 7) is 0. The second-order valence-corrected chi connectivity index (χ2v) is 5.91. The lowest BCUT2D eigenvalue weighted by Crippen LogP contribution is -2.17. The largest absolute Gasteiger partial charge is 0.318 e. The van der Waals surface area contributed by atoms with Gasteiger partial charge in [0.2, 0.25) is 0 Å². The van der Waals surface area contributed by atoms with Gasteiger partial charge in [-0.05, 0) is 43.2 Å². The summed E-state index contributed by atoms with van der Waals surface area (Å²) in [5.74, 6) is -0.405. The highest BCUT2D eigenvalue weighted by atomic mass is 19.1. The molecule has 0 unspecified atom stereocenters. The third kappa shape index (κ3) is 2.80. The van der Waals surface area contributed by atoms with Crippen LogP contribution in [0, 0.1) is 5.82 Å². The molecule has 0 aliphatic heterocycles. The number of nitrogens with zero attached hydrogens (tertiary/aromatic N) is 2. The number of halogens is 1. The van der Waals surface area contributed by atoms with Gasteiger partial charge in [0.05, 0.1) is 17.1 Å². The summed E-state index contributed by atoms with van der Waals surface area (Å²) >= 11 is 0. The van der Waals surface area contributed by atoms with E-state index in [0.29, 0.717) is 11.6 Å². The van der Waals surface area contributed by atoms with Gasteiger partial charge in [-0.15, -0.1) is 0 Å². The van der Waals surface area contributed by atoms with E-state index in [9.17, 15) is 9.18 Å². The van der Waals surface area contributed by atoms with E-state index in [2.05, 4.69) is 10.4 Å². The highest BCUT2D eigenvalue weighted by molar-refractivity contribution is 6.03. The fourth-order valence-electron chi connectivity index (χ4n) is 2.65. The molecule has 1 N–H and O–H groups in total. The number of nitrogens with one attached hydrogen (secondary N) is 1. The smallest absolute Gasteiger partial charge is 0.274 e. The molecule has 120 valence electrons. The summed E-state index contributed by atoms with van der Waals surface area (Å²) in [7, 11) is 0. The first-order chi connectivity index (χ1) is 11.7. The minimum atomic E-state index is -0.459. The quantitative estimate of drug-likeness (QED) is 0.785. The Morgan fingerprint density at radius 2 is 1.79 bits per heavy atom. The van der Waals surface area contributed by atoms with E-state index in [4.69, 9.17) is 0 Å². The number of carbonyl (C=O) groups excluding carboxylic acids is 1. The van der Waals surface area contributed by atoms with E-state index in [1.54, 1.807) is 22.9 Å². The summed E-state index contributed by atoms with van der Waals surface area (Å²) < 4.78 is 15.4. The van der Waals surface area contributed by atoms with Crippen molar-refractivity contribution in [1.82, 2.24) is 9.78 Å². The molecule has 2 aromatic carbocycles. The third-order valence-electron chi connectivity index (χ3n) is 4.08. The topological polar surface area (TPSA) is 46.9 Å². The number of hydrogen-bond acceptors (Lipinski definition) is 2. The average molecular weight is 321 g/mol. The van der Waals surface area contributed by atoms with Crippen LogP contribution < -0.4 is 5.32 Å². The van der Waals surface area contributed by atoms with Crippen LogP contribution in [0.2, 0.25) is 0 Å². The second kappa shape index (κ2) is 5.92. The number of anilines is 1. The standard InChI is InChI=1S/C19H16FN3O/c20-15-8-4-5-9-16(15)21-19(24)18-12-17(13-10-11-13)22-23(18)14-6-2-1-3-7-14/h1-9,12-13H,10-11H2,(H,21,24). The number of carbonyl (C=O) groups is 1. The average Bonchev–Trinajstić information content (AvgIpc) is 3.36. The van der Waals surface area contributed by atoms with E-state index in [0.717, 1.165) is 24.2 Å². The molecular weight excluding hydrogens is 305 g/mol. The predicted molar refractivity (Wildman–Crippen MR) is 89.9 cm³/mol. The highest BCUT2D eigenvalue weighted by Gasteiger charge is 2.29. The predicted octanol–water partition coefficient (Wildman–Crippen LogP) is 4.14. The summed E-state index contributed by atoms with van der Waals surface area (Å²) in [6, 6.07) is 17.4. The molecule has 0 spiro atoms. The maximum Gasteiger partial charge on any atom is 0.274 e. The third-order valence-corrected chi connectivity index (χ3v) is 4.08. The van der Waals surface area contributed by atoms with Gasteiger partial charge in [0, 0.05) is 5.92 Å². The number of para-hydroxylation sites is 2. The molecule has 4 nitrogen and oxygen atoms in total. The Balaban J connectivity index is 1.71. The minimum absolute atomic E-state index is 0.163. The van der Waals surface area contributed by atoms with Gasteiger partial charge in [0.15, 0.2) is 0 Å². The van der Waals surface area contributed by atoms with Crippen molar-refractivity contribution in [1.29, 1.82) is 0 Å². The molecule has 1 heterocycles. The summed E-state index contributed by atoms with van der Waals surface area (Å²) in [5, 5.41) is 7.22. The van der Waals surface area contributed by atoms with Crippen LogP contribution in [-0.4, -0.2) is 15.7 Å². The van der Waals surface area contributed by atoms with E-state index < -0.39 is 5.82 Å². The van der Waals surface area contributed by atoms with E-state index >= 15 is 0 Å². The van der Waals surface area contributed by atoms with Crippen LogP contribution in [0.15, 0.2) is 60.7 Å².